The number of carbonyl (C=O) groups is 1. The zero-order valence-corrected chi connectivity index (χ0v) is 11.6. The molecule has 4 atom stereocenters. The van der Waals surface area contributed by atoms with Crippen molar-refractivity contribution < 1.29 is 9.53 Å². The molecule has 1 aliphatic heterocycles. The molecule has 0 bridgehead atoms. The van der Waals surface area contributed by atoms with Gasteiger partial charge in [0.1, 0.15) is 0 Å². The number of amides is 1. The van der Waals surface area contributed by atoms with Crippen molar-refractivity contribution in [3.63, 3.8) is 0 Å². The van der Waals surface area contributed by atoms with Crippen LogP contribution in [0.4, 0.5) is 0 Å². The van der Waals surface area contributed by atoms with Crippen LogP contribution in [0.15, 0.2) is 0 Å². The van der Waals surface area contributed by atoms with E-state index in [9.17, 15) is 4.79 Å². The van der Waals surface area contributed by atoms with Gasteiger partial charge in [0, 0.05) is 25.6 Å². The van der Waals surface area contributed by atoms with E-state index in [1.54, 1.807) is 0 Å². The Bertz CT molecular complexity index is 286. The van der Waals surface area contributed by atoms with Gasteiger partial charge in [-0.05, 0) is 32.6 Å². The molecule has 0 aromatic carbocycles. The molecule has 2 fully saturated rings. The number of nitrogens with two attached hydrogens (primary N) is 1. The molecule has 18 heavy (non-hydrogen) atoms. The van der Waals surface area contributed by atoms with Crippen LogP contribution in [0.25, 0.3) is 0 Å². The minimum Gasteiger partial charge on any atom is -0.372 e. The Morgan fingerprint density at radius 2 is 1.83 bits per heavy atom. The molecule has 2 rings (SSSR count). The zero-order chi connectivity index (χ0) is 13.1. The molecule has 1 amide bonds. The average molecular weight is 254 g/mol. The molecule has 4 nitrogen and oxygen atoms in total. The second-order valence-electron chi connectivity index (χ2n) is 5.97. The van der Waals surface area contributed by atoms with Crippen molar-refractivity contribution >= 4 is 5.91 Å². The lowest BCUT2D eigenvalue weighted by atomic mass is 9.82. The van der Waals surface area contributed by atoms with Gasteiger partial charge in [-0.3, -0.25) is 4.79 Å². The lowest BCUT2D eigenvalue weighted by molar-refractivity contribution is -0.144. The fourth-order valence-electron chi connectivity index (χ4n) is 3.22. The summed E-state index contributed by atoms with van der Waals surface area (Å²) >= 11 is 0. The fourth-order valence-corrected chi connectivity index (χ4v) is 3.22. The molecule has 0 aromatic rings. The summed E-state index contributed by atoms with van der Waals surface area (Å²) in [4.78, 5) is 14.3. The highest BCUT2D eigenvalue weighted by atomic mass is 16.5. The molecule has 1 heterocycles. The van der Waals surface area contributed by atoms with E-state index < -0.39 is 0 Å². The van der Waals surface area contributed by atoms with E-state index in [2.05, 4.69) is 0 Å². The second-order valence-corrected chi connectivity index (χ2v) is 5.97. The van der Waals surface area contributed by atoms with Crippen LogP contribution in [0.5, 0.6) is 0 Å². The van der Waals surface area contributed by atoms with E-state index >= 15 is 0 Å². The second kappa shape index (κ2) is 6.02. The largest absolute Gasteiger partial charge is 0.372 e. The normalized spacial score (nSPS) is 37.6. The first-order valence-corrected chi connectivity index (χ1v) is 7.25. The summed E-state index contributed by atoms with van der Waals surface area (Å²) in [6.45, 7) is 5.51. The van der Waals surface area contributed by atoms with Gasteiger partial charge in [0.25, 0.3) is 0 Å². The van der Waals surface area contributed by atoms with Crippen molar-refractivity contribution in [2.24, 2.45) is 11.7 Å². The van der Waals surface area contributed by atoms with Crippen molar-refractivity contribution in [1.29, 1.82) is 0 Å². The van der Waals surface area contributed by atoms with Gasteiger partial charge in [0.15, 0.2) is 0 Å². The minimum atomic E-state index is 0.151. The first kappa shape index (κ1) is 13.8. The Balaban J connectivity index is 1.86. The molecule has 104 valence electrons. The van der Waals surface area contributed by atoms with Gasteiger partial charge >= 0.3 is 0 Å². The highest BCUT2D eigenvalue weighted by molar-refractivity contribution is 5.76. The summed E-state index contributed by atoms with van der Waals surface area (Å²) in [7, 11) is 0. The van der Waals surface area contributed by atoms with Crippen molar-refractivity contribution in [2.45, 2.75) is 64.2 Å². The van der Waals surface area contributed by atoms with Crippen molar-refractivity contribution in [3.8, 4) is 0 Å². The van der Waals surface area contributed by atoms with Gasteiger partial charge in [-0.15, -0.1) is 0 Å². The predicted molar refractivity (Wildman–Crippen MR) is 71.1 cm³/mol. The average Bonchev–Trinajstić information content (AvgIpc) is 2.31. The number of hydrogen-bond donors (Lipinski definition) is 1. The van der Waals surface area contributed by atoms with Crippen LogP contribution in [0.2, 0.25) is 0 Å². The molecular weight excluding hydrogens is 228 g/mol. The Morgan fingerprint density at radius 1 is 1.22 bits per heavy atom. The van der Waals surface area contributed by atoms with Crippen molar-refractivity contribution in [1.82, 2.24) is 4.90 Å². The van der Waals surface area contributed by atoms with Crippen molar-refractivity contribution in [3.05, 3.63) is 0 Å². The molecule has 2 aliphatic rings. The number of morpholine rings is 1. The quantitative estimate of drug-likeness (QED) is 0.813. The SMILES string of the molecule is CC1CN(C(=O)CC2CCCCC2N)CC(C)O1. The minimum absolute atomic E-state index is 0.151. The Morgan fingerprint density at radius 3 is 2.44 bits per heavy atom. The van der Waals surface area contributed by atoms with Crippen LogP contribution < -0.4 is 5.73 Å². The van der Waals surface area contributed by atoms with E-state index in [0.717, 1.165) is 25.9 Å². The molecule has 1 saturated heterocycles. The number of ether oxygens (including phenoxy) is 1. The number of nitrogens with zero attached hydrogens (tertiary/aromatic N) is 1. The highest BCUT2D eigenvalue weighted by Gasteiger charge is 2.30. The summed E-state index contributed by atoms with van der Waals surface area (Å²) in [5.41, 5.74) is 6.12. The van der Waals surface area contributed by atoms with Gasteiger partial charge < -0.3 is 15.4 Å². The van der Waals surface area contributed by atoms with Crippen LogP contribution in [0.3, 0.4) is 0 Å². The maximum absolute atomic E-state index is 12.3. The summed E-state index contributed by atoms with van der Waals surface area (Å²) in [5, 5.41) is 0. The molecule has 2 N–H and O–H groups in total. The van der Waals surface area contributed by atoms with E-state index in [1.165, 1.54) is 12.8 Å². The Kier molecular flexibility index (Phi) is 4.62. The maximum Gasteiger partial charge on any atom is 0.223 e. The third-order valence-corrected chi connectivity index (χ3v) is 4.18. The van der Waals surface area contributed by atoms with Crippen molar-refractivity contribution in [2.75, 3.05) is 13.1 Å². The first-order chi connectivity index (χ1) is 8.56. The maximum atomic E-state index is 12.3. The molecule has 1 saturated carbocycles. The van der Waals surface area contributed by atoms with Gasteiger partial charge in [-0.1, -0.05) is 12.8 Å². The summed E-state index contributed by atoms with van der Waals surface area (Å²) in [6, 6.07) is 0.221. The molecule has 4 unspecified atom stereocenters. The van der Waals surface area contributed by atoms with Crippen LogP contribution in [0, 0.1) is 5.92 Å². The van der Waals surface area contributed by atoms with E-state index in [0.29, 0.717) is 12.3 Å². The first-order valence-electron chi connectivity index (χ1n) is 7.25. The van der Waals surface area contributed by atoms with Crippen LogP contribution in [0.1, 0.15) is 46.0 Å². The van der Waals surface area contributed by atoms with Gasteiger partial charge in [0.2, 0.25) is 5.91 Å². The van der Waals surface area contributed by atoms with E-state index in [4.69, 9.17) is 10.5 Å². The smallest absolute Gasteiger partial charge is 0.223 e. The third-order valence-electron chi connectivity index (χ3n) is 4.18. The van der Waals surface area contributed by atoms with E-state index in [-0.39, 0.29) is 24.2 Å². The van der Waals surface area contributed by atoms with Crippen LogP contribution in [-0.2, 0) is 9.53 Å². The summed E-state index contributed by atoms with van der Waals surface area (Å²) < 4.78 is 5.66. The zero-order valence-electron chi connectivity index (χ0n) is 11.6. The Labute approximate surface area is 110 Å². The standard InChI is InChI=1S/C14H26N2O2/c1-10-8-16(9-11(2)18-10)14(17)7-12-5-3-4-6-13(12)15/h10-13H,3-9,15H2,1-2H3. The molecule has 4 heteroatoms. The number of carbonyl (C=O) groups excluding carboxylic acids is 1. The van der Waals surface area contributed by atoms with E-state index in [1.807, 2.05) is 18.7 Å². The van der Waals surface area contributed by atoms with Gasteiger partial charge in [-0.25, -0.2) is 0 Å². The molecule has 0 aromatic heterocycles. The summed E-state index contributed by atoms with van der Waals surface area (Å²) in [5.74, 6) is 0.652. The van der Waals surface area contributed by atoms with Gasteiger partial charge in [0.05, 0.1) is 12.2 Å². The topological polar surface area (TPSA) is 55.6 Å². The Hall–Kier alpha value is -0.610. The molecule has 1 aliphatic carbocycles. The number of hydrogen-bond acceptors (Lipinski definition) is 3. The lowest BCUT2D eigenvalue weighted by Gasteiger charge is -2.37. The lowest BCUT2D eigenvalue weighted by Crippen LogP contribution is -2.49. The van der Waals surface area contributed by atoms with Crippen LogP contribution in [-0.4, -0.2) is 42.1 Å². The molecule has 0 radical (unpaired) electrons. The molecule has 0 spiro atoms. The highest BCUT2D eigenvalue weighted by Crippen LogP contribution is 2.26. The number of rotatable bonds is 2. The molecular formula is C14H26N2O2. The fraction of sp³-hybridized carbons (Fsp3) is 0.929. The predicted octanol–water partition coefficient (Wildman–Crippen LogP) is 1.53. The van der Waals surface area contributed by atoms with Gasteiger partial charge in [-0.2, -0.15) is 0 Å². The third kappa shape index (κ3) is 3.45. The monoisotopic (exact) mass is 254 g/mol. The summed E-state index contributed by atoms with van der Waals surface area (Å²) in [6.07, 6.45) is 5.56. The van der Waals surface area contributed by atoms with Crippen LogP contribution >= 0.6 is 0 Å².